The predicted molar refractivity (Wildman–Crippen MR) is 87.2 cm³/mol. The summed E-state index contributed by atoms with van der Waals surface area (Å²) in [6, 6.07) is 10.1. The lowest BCUT2D eigenvalue weighted by molar-refractivity contribution is 0.0398. The first kappa shape index (κ1) is 17.5. The van der Waals surface area contributed by atoms with E-state index in [1.54, 1.807) is 11.8 Å². The van der Waals surface area contributed by atoms with Gasteiger partial charge in [0.15, 0.2) is 0 Å². The SMILES string of the molecule is CCN(CC)CCSCC(O)COCc1ccccc1. The molecule has 0 spiro atoms. The summed E-state index contributed by atoms with van der Waals surface area (Å²) in [4.78, 5) is 2.39. The van der Waals surface area contributed by atoms with Crippen molar-refractivity contribution in [2.45, 2.75) is 26.6 Å². The molecule has 1 aromatic rings. The van der Waals surface area contributed by atoms with Gasteiger partial charge in [-0.25, -0.2) is 0 Å². The van der Waals surface area contributed by atoms with Crippen molar-refractivity contribution in [1.29, 1.82) is 0 Å². The Morgan fingerprint density at radius 3 is 2.55 bits per heavy atom. The molecule has 0 aliphatic heterocycles. The van der Waals surface area contributed by atoms with E-state index in [0.717, 1.165) is 36.7 Å². The van der Waals surface area contributed by atoms with Gasteiger partial charge in [0.2, 0.25) is 0 Å². The number of ether oxygens (including phenoxy) is 1. The molecule has 1 rings (SSSR count). The van der Waals surface area contributed by atoms with E-state index < -0.39 is 0 Å². The lowest BCUT2D eigenvalue weighted by atomic mass is 10.2. The molecule has 0 aliphatic carbocycles. The van der Waals surface area contributed by atoms with Crippen LogP contribution in [0.25, 0.3) is 0 Å². The molecule has 0 aromatic heterocycles. The molecule has 0 saturated heterocycles. The van der Waals surface area contributed by atoms with E-state index in [1.165, 1.54) is 0 Å². The van der Waals surface area contributed by atoms with Crippen molar-refractivity contribution in [2.75, 3.05) is 37.7 Å². The molecule has 1 unspecified atom stereocenters. The Balaban J connectivity index is 2.02. The number of aliphatic hydroxyl groups is 1. The van der Waals surface area contributed by atoms with Crippen molar-refractivity contribution >= 4 is 11.8 Å². The van der Waals surface area contributed by atoms with Gasteiger partial charge in [0.1, 0.15) is 0 Å². The van der Waals surface area contributed by atoms with Crippen molar-refractivity contribution in [1.82, 2.24) is 4.90 Å². The average molecular weight is 297 g/mol. The molecule has 1 aromatic carbocycles. The van der Waals surface area contributed by atoms with Crippen LogP contribution in [0, 0.1) is 0 Å². The highest BCUT2D eigenvalue weighted by atomic mass is 32.2. The minimum atomic E-state index is -0.375. The van der Waals surface area contributed by atoms with E-state index in [4.69, 9.17) is 4.74 Å². The maximum Gasteiger partial charge on any atom is 0.0863 e. The summed E-state index contributed by atoms with van der Waals surface area (Å²) in [7, 11) is 0. The number of thioether (sulfide) groups is 1. The van der Waals surface area contributed by atoms with Crippen LogP contribution in [0.1, 0.15) is 19.4 Å². The van der Waals surface area contributed by atoms with E-state index in [9.17, 15) is 5.11 Å². The number of benzene rings is 1. The molecule has 0 aliphatic rings. The summed E-state index contributed by atoms with van der Waals surface area (Å²) in [6.45, 7) is 8.63. The maximum atomic E-state index is 9.85. The Labute approximate surface area is 127 Å². The number of hydrogen-bond acceptors (Lipinski definition) is 4. The summed E-state index contributed by atoms with van der Waals surface area (Å²) < 4.78 is 5.53. The zero-order chi connectivity index (χ0) is 14.6. The Morgan fingerprint density at radius 2 is 1.90 bits per heavy atom. The Kier molecular flexibility index (Phi) is 9.75. The molecule has 0 amide bonds. The molecule has 0 fully saturated rings. The van der Waals surface area contributed by atoms with Gasteiger partial charge in [0.05, 0.1) is 19.3 Å². The third kappa shape index (κ3) is 7.90. The van der Waals surface area contributed by atoms with Gasteiger partial charge in [-0.15, -0.1) is 0 Å². The van der Waals surface area contributed by atoms with Gasteiger partial charge >= 0.3 is 0 Å². The topological polar surface area (TPSA) is 32.7 Å². The minimum Gasteiger partial charge on any atom is -0.390 e. The third-order valence-electron chi connectivity index (χ3n) is 3.18. The Hall–Kier alpha value is -0.550. The molecule has 0 saturated carbocycles. The van der Waals surface area contributed by atoms with Crippen LogP contribution in [0.2, 0.25) is 0 Å². The van der Waals surface area contributed by atoms with Crippen LogP contribution in [-0.2, 0) is 11.3 Å². The smallest absolute Gasteiger partial charge is 0.0863 e. The molecule has 0 heterocycles. The van der Waals surface area contributed by atoms with Gasteiger partial charge in [-0.1, -0.05) is 44.2 Å². The van der Waals surface area contributed by atoms with E-state index in [2.05, 4.69) is 18.7 Å². The molecular formula is C16H27NO2S. The van der Waals surface area contributed by atoms with E-state index in [1.807, 2.05) is 30.3 Å². The third-order valence-corrected chi connectivity index (χ3v) is 4.27. The quantitative estimate of drug-likeness (QED) is 0.637. The van der Waals surface area contributed by atoms with Gasteiger partial charge in [0, 0.05) is 18.1 Å². The van der Waals surface area contributed by atoms with Crippen molar-refractivity contribution in [3.63, 3.8) is 0 Å². The second-order valence-corrected chi connectivity index (χ2v) is 5.91. The van der Waals surface area contributed by atoms with Crippen molar-refractivity contribution in [3.05, 3.63) is 35.9 Å². The molecule has 0 bridgehead atoms. The zero-order valence-electron chi connectivity index (χ0n) is 12.6. The fraction of sp³-hybridized carbons (Fsp3) is 0.625. The highest BCUT2D eigenvalue weighted by molar-refractivity contribution is 7.99. The Morgan fingerprint density at radius 1 is 1.20 bits per heavy atom. The van der Waals surface area contributed by atoms with Crippen LogP contribution in [0.15, 0.2) is 30.3 Å². The second kappa shape index (κ2) is 11.1. The molecule has 1 atom stereocenters. The molecular weight excluding hydrogens is 270 g/mol. The molecule has 114 valence electrons. The van der Waals surface area contributed by atoms with Crippen molar-refractivity contribution < 1.29 is 9.84 Å². The molecule has 0 radical (unpaired) electrons. The van der Waals surface area contributed by atoms with Gasteiger partial charge in [-0.05, 0) is 18.7 Å². The van der Waals surface area contributed by atoms with Gasteiger partial charge in [-0.2, -0.15) is 11.8 Å². The van der Waals surface area contributed by atoms with Crippen LogP contribution in [0.5, 0.6) is 0 Å². The van der Waals surface area contributed by atoms with Crippen LogP contribution >= 0.6 is 11.8 Å². The first-order chi connectivity index (χ1) is 9.76. The number of rotatable bonds is 11. The summed E-state index contributed by atoms with van der Waals surface area (Å²) in [5.74, 6) is 1.81. The maximum absolute atomic E-state index is 9.85. The number of nitrogens with zero attached hydrogens (tertiary/aromatic N) is 1. The van der Waals surface area contributed by atoms with Gasteiger partial charge < -0.3 is 14.7 Å². The highest BCUT2D eigenvalue weighted by Crippen LogP contribution is 2.06. The number of aliphatic hydroxyl groups excluding tert-OH is 1. The lowest BCUT2D eigenvalue weighted by Gasteiger charge is -2.18. The molecule has 20 heavy (non-hydrogen) atoms. The van der Waals surface area contributed by atoms with Crippen LogP contribution < -0.4 is 0 Å². The molecule has 1 N–H and O–H groups in total. The van der Waals surface area contributed by atoms with Crippen molar-refractivity contribution in [3.8, 4) is 0 Å². The van der Waals surface area contributed by atoms with E-state index in [0.29, 0.717) is 13.2 Å². The number of hydrogen-bond donors (Lipinski definition) is 1. The summed E-state index contributed by atoms with van der Waals surface area (Å²) in [5, 5.41) is 9.85. The largest absolute Gasteiger partial charge is 0.390 e. The van der Waals surface area contributed by atoms with Crippen LogP contribution in [0.3, 0.4) is 0 Å². The van der Waals surface area contributed by atoms with Crippen LogP contribution in [0.4, 0.5) is 0 Å². The monoisotopic (exact) mass is 297 g/mol. The molecule has 3 nitrogen and oxygen atoms in total. The fourth-order valence-corrected chi connectivity index (χ4v) is 2.81. The first-order valence-electron chi connectivity index (χ1n) is 7.36. The standard InChI is InChI=1S/C16H27NO2S/c1-3-17(4-2)10-11-20-14-16(18)13-19-12-15-8-6-5-7-9-15/h5-9,16,18H,3-4,10-14H2,1-2H3. The lowest BCUT2D eigenvalue weighted by Crippen LogP contribution is -2.26. The van der Waals surface area contributed by atoms with Crippen molar-refractivity contribution in [2.24, 2.45) is 0 Å². The first-order valence-corrected chi connectivity index (χ1v) is 8.51. The predicted octanol–water partition coefficient (Wildman–Crippen LogP) is 2.64. The van der Waals surface area contributed by atoms with E-state index in [-0.39, 0.29) is 6.10 Å². The van der Waals surface area contributed by atoms with E-state index >= 15 is 0 Å². The summed E-state index contributed by atoms with van der Waals surface area (Å²) in [6.07, 6.45) is -0.375. The second-order valence-electron chi connectivity index (χ2n) is 4.76. The molecule has 4 heteroatoms. The fourth-order valence-electron chi connectivity index (χ4n) is 1.89. The zero-order valence-corrected chi connectivity index (χ0v) is 13.4. The van der Waals surface area contributed by atoms with Gasteiger partial charge in [0.25, 0.3) is 0 Å². The highest BCUT2D eigenvalue weighted by Gasteiger charge is 2.05. The van der Waals surface area contributed by atoms with Crippen LogP contribution in [-0.4, -0.2) is 53.9 Å². The summed E-state index contributed by atoms with van der Waals surface area (Å²) in [5.41, 5.74) is 1.15. The Bertz CT molecular complexity index is 331. The minimum absolute atomic E-state index is 0.375. The average Bonchev–Trinajstić information content (AvgIpc) is 2.48. The normalized spacial score (nSPS) is 12.8. The van der Waals surface area contributed by atoms with Gasteiger partial charge in [-0.3, -0.25) is 0 Å². The summed E-state index contributed by atoms with van der Waals surface area (Å²) >= 11 is 1.80.